The van der Waals surface area contributed by atoms with Crippen LogP contribution in [0.4, 0.5) is 0 Å². The third-order valence-corrected chi connectivity index (χ3v) is 7.46. The van der Waals surface area contributed by atoms with E-state index in [1.54, 1.807) is 31.4 Å². The van der Waals surface area contributed by atoms with Crippen molar-refractivity contribution in [2.45, 2.75) is 46.4 Å². The van der Waals surface area contributed by atoms with Crippen LogP contribution in [0.5, 0.6) is 0 Å². The van der Waals surface area contributed by atoms with Gasteiger partial charge in [-0.05, 0) is 42.4 Å². The van der Waals surface area contributed by atoms with Crippen molar-refractivity contribution >= 4 is 44.4 Å². The normalized spacial score (nSPS) is 21.8. The molecule has 2 aliphatic carbocycles. The average molecular weight is 672 g/mol. The molecule has 0 saturated heterocycles. The molecule has 2 atom stereocenters. The summed E-state index contributed by atoms with van der Waals surface area (Å²) in [6.07, 6.45) is 16.7. The third kappa shape index (κ3) is 5.83. The first-order valence-corrected chi connectivity index (χ1v) is 12.9. The van der Waals surface area contributed by atoms with Gasteiger partial charge in [0.1, 0.15) is 0 Å². The van der Waals surface area contributed by atoms with Crippen LogP contribution in [0.1, 0.15) is 54.9 Å². The molecular formula is C32H32IrN2S-2. The van der Waals surface area contributed by atoms with Gasteiger partial charge in [0.15, 0.2) is 0 Å². The molecule has 0 saturated carbocycles. The van der Waals surface area contributed by atoms with Crippen molar-refractivity contribution in [1.29, 1.82) is 0 Å². The number of hydrogen-bond donors (Lipinski definition) is 0. The van der Waals surface area contributed by atoms with Crippen molar-refractivity contribution in [2.24, 2.45) is 10.9 Å². The first kappa shape index (κ1) is 22.5. The van der Waals surface area contributed by atoms with E-state index in [2.05, 4.69) is 78.3 Å². The molecule has 3 heterocycles. The van der Waals surface area contributed by atoms with E-state index in [0.717, 1.165) is 28.6 Å². The van der Waals surface area contributed by atoms with Gasteiger partial charge in [0, 0.05) is 41.3 Å². The summed E-state index contributed by atoms with van der Waals surface area (Å²) in [4.78, 5) is 8.88. The predicted octanol–water partition coefficient (Wildman–Crippen LogP) is 7.15. The second-order valence-corrected chi connectivity index (χ2v) is 10.1. The number of fused-ring (bicyclic) bond motifs is 3. The van der Waals surface area contributed by atoms with Crippen molar-refractivity contribution in [3.8, 4) is 0 Å². The molecule has 0 spiro atoms. The molecule has 1 aromatic carbocycles. The van der Waals surface area contributed by atoms with Gasteiger partial charge in [-0.3, -0.25) is 0 Å². The van der Waals surface area contributed by atoms with Crippen LogP contribution < -0.4 is 9.75 Å². The van der Waals surface area contributed by atoms with Gasteiger partial charge in [0.25, 0.3) is 0 Å². The number of thiophene rings is 1. The van der Waals surface area contributed by atoms with Gasteiger partial charge in [-0.1, -0.05) is 90.0 Å². The summed E-state index contributed by atoms with van der Waals surface area (Å²) in [6.45, 7) is 5.60. The maximum Gasteiger partial charge on any atom is 0.0344 e. The topological polar surface area (TPSA) is 25.2 Å². The second-order valence-electron chi connectivity index (χ2n) is 9.04. The Bertz CT molecular complexity index is 1610. The predicted molar refractivity (Wildman–Crippen MR) is 152 cm³/mol. The Kier molecular flexibility index (Phi) is 7.55. The minimum absolute atomic E-state index is 0. The van der Waals surface area contributed by atoms with Crippen LogP contribution in [-0.2, 0) is 20.1 Å². The summed E-state index contributed by atoms with van der Waals surface area (Å²) in [5.41, 5.74) is 5.82. The fourth-order valence-corrected chi connectivity index (χ4v) is 5.58. The van der Waals surface area contributed by atoms with Gasteiger partial charge in [-0.25, -0.2) is 11.3 Å². The SMILES string of the molecule is Cc1ccnc(C2=CC=CC[CH-]2)c1.[2H]C1C(C([2H])(C)C)=CN=C(C2=c3sc4ccccc4c3=CC[CH-]2)C1[2H].[Ir]. The first-order valence-electron chi connectivity index (χ1n) is 13.7. The number of hydrogen-bond acceptors (Lipinski definition) is 3. The number of nitrogens with zero attached hydrogens (tertiary/aromatic N) is 2. The molecule has 1 aliphatic heterocycles. The second kappa shape index (κ2) is 12.1. The first-order chi connectivity index (χ1) is 18.2. The monoisotopic (exact) mass is 672 g/mol. The zero-order valence-electron chi connectivity index (χ0n) is 23.8. The van der Waals surface area contributed by atoms with Crippen LogP contribution in [0.25, 0.3) is 27.3 Å². The van der Waals surface area contributed by atoms with Gasteiger partial charge in [0.2, 0.25) is 0 Å². The molecule has 0 fully saturated rings. The number of allylic oxidation sites excluding steroid dienone is 5. The van der Waals surface area contributed by atoms with E-state index >= 15 is 0 Å². The number of aliphatic imine (C=N–C) groups is 1. The van der Waals surface area contributed by atoms with E-state index in [-0.39, 0.29) is 20.1 Å². The molecule has 36 heavy (non-hydrogen) atoms. The van der Waals surface area contributed by atoms with Crippen LogP contribution in [0.2, 0.25) is 0 Å². The zero-order valence-corrected chi connectivity index (χ0v) is 24.0. The van der Waals surface area contributed by atoms with Crippen LogP contribution in [0.3, 0.4) is 0 Å². The van der Waals surface area contributed by atoms with Crippen molar-refractivity contribution in [1.82, 2.24) is 4.98 Å². The molecule has 0 amide bonds. The van der Waals surface area contributed by atoms with Gasteiger partial charge >= 0.3 is 0 Å². The van der Waals surface area contributed by atoms with Crippen LogP contribution in [0.15, 0.2) is 77.6 Å². The summed E-state index contributed by atoms with van der Waals surface area (Å²) < 4.78 is 27.6. The fourth-order valence-electron chi connectivity index (χ4n) is 4.32. The third-order valence-electron chi connectivity index (χ3n) is 6.24. The maximum atomic E-state index is 8.57. The van der Waals surface area contributed by atoms with E-state index < -0.39 is 18.7 Å². The summed E-state index contributed by atoms with van der Waals surface area (Å²) >= 11 is 1.73. The largest absolute Gasteiger partial charge is 0.325 e. The van der Waals surface area contributed by atoms with Crippen molar-refractivity contribution < 1.29 is 24.2 Å². The smallest absolute Gasteiger partial charge is 0.0344 e. The Morgan fingerprint density at radius 1 is 1.11 bits per heavy atom. The number of benzene rings is 1. The molecule has 0 N–H and O–H groups in total. The van der Waals surface area contributed by atoms with E-state index in [0.29, 0.717) is 11.3 Å². The Morgan fingerprint density at radius 3 is 2.75 bits per heavy atom. The minimum Gasteiger partial charge on any atom is -0.325 e. The molecule has 3 aromatic rings. The zero-order chi connectivity index (χ0) is 26.9. The standard InChI is InChI=1S/C20H20NS.C12H12N.Ir/c1-13(2)14-10-11-18(21-12-14)17-8-5-7-16-15-6-3-4-9-19(15)22-20(16)17;1-10-7-8-13-12(9-10)11-5-3-2-4-6-11;/h3-4,6-9,12-13H,5,10-11H2,1-2H3;2-3,5-9H,4H2,1H3;/q2*-1;/i10D,11D,13D;;. The molecule has 4 heteroatoms. The van der Waals surface area contributed by atoms with Gasteiger partial charge < -0.3 is 9.98 Å². The average Bonchev–Trinajstić information content (AvgIpc) is 3.30. The summed E-state index contributed by atoms with van der Waals surface area (Å²) in [7, 11) is 0. The van der Waals surface area contributed by atoms with Gasteiger partial charge in [-0.15, -0.1) is 12.2 Å². The van der Waals surface area contributed by atoms with E-state index in [1.807, 2.05) is 18.3 Å². The van der Waals surface area contributed by atoms with Crippen molar-refractivity contribution in [2.75, 3.05) is 0 Å². The Morgan fingerprint density at radius 2 is 1.97 bits per heavy atom. The molecule has 0 bridgehead atoms. The molecule has 187 valence electrons. The van der Waals surface area contributed by atoms with E-state index in [4.69, 9.17) is 4.11 Å². The van der Waals surface area contributed by atoms with Crippen LogP contribution in [0, 0.1) is 25.7 Å². The number of rotatable bonds is 3. The summed E-state index contributed by atoms with van der Waals surface area (Å²) in [5, 5.41) is 2.47. The van der Waals surface area contributed by atoms with Crippen LogP contribution in [-0.4, -0.2) is 10.7 Å². The number of aromatic nitrogens is 1. The maximum absolute atomic E-state index is 8.57. The van der Waals surface area contributed by atoms with E-state index in [1.165, 1.54) is 26.4 Å². The van der Waals surface area contributed by atoms with Crippen LogP contribution >= 0.6 is 11.3 Å². The number of pyridine rings is 1. The van der Waals surface area contributed by atoms with Gasteiger partial charge in [0.05, 0.1) is 0 Å². The quantitative estimate of drug-likeness (QED) is 0.272. The van der Waals surface area contributed by atoms with E-state index in [9.17, 15) is 0 Å². The molecular weight excluding hydrogens is 637 g/mol. The van der Waals surface area contributed by atoms with Gasteiger partial charge in [-0.2, -0.15) is 30.1 Å². The van der Waals surface area contributed by atoms with Crippen molar-refractivity contribution in [3.63, 3.8) is 0 Å². The molecule has 2 aromatic heterocycles. The summed E-state index contributed by atoms with van der Waals surface area (Å²) in [5.74, 6) is -0.877. The minimum atomic E-state index is -0.877. The Balaban J connectivity index is 0.000000213. The number of aryl methyl sites for hydroxylation is 1. The molecule has 1 radical (unpaired) electrons. The fraction of sp³-hybridized carbons (Fsp3) is 0.250. The molecule has 2 unspecified atom stereocenters. The Labute approximate surface area is 236 Å². The molecule has 2 nitrogen and oxygen atoms in total. The molecule has 6 rings (SSSR count). The molecule has 3 aliphatic rings. The van der Waals surface area contributed by atoms with Crippen molar-refractivity contribution in [3.05, 3.63) is 106 Å². The summed E-state index contributed by atoms with van der Waals surface area (Å²) in [6, 6.07) is 12.5. The Hall–Kier alpha value is -2.65.